The van der Waals surface area contributed by atoms with Crippen molar-refractivity contribution in [1.29, 1.82) is 0 Å². The fourth-order valence-corrected chi connectivity index (χ4v) is 2.81. The minimum atomic E-state index is -0.0847. The Labute approximate surface area is 145 Å². The molecule has 0 fully saturated rings. The van der Waals surface area contributed by atoms with Crippen LogP contribution in [-0.4, -0.2) is 17.6 Å². The highest BCUT2D eigenvalue weighted by molar-refractivity contribution is 5.95. The van der Waals surface area contributed by atoms with Crippen LogP contribution in [0, 0.1) is 0 Å². The van der Waals surface area contributed by atoms with Crippen molar-refractivity contribution in [1.82, 2.24) is 4.90 Å². The van der Waals surface area contributed by atoms with Crippen LogP contribution in [0.1, 0.15) is 21.7 Å². The second kappa shape index (κ2) is 6.73. The minimum Gasteiger partial charge on any atom is -0.467 e. The monoisotopic (exact) mass is 335 g/mol. The number of hydrogen-bond donors (Lipinski definition) is 0. The molecule has 0 spiro atoms. The maximum absolute atomic E-state index is 13.1. The van der Waals surface area contributed by atoms with Crippen molar-refractivity contribution >= 4 is 5.91 Å². The van der Waals surface area contributed by atoms with Gasteiger partial charge in [0.05, 0.1) is 12.8 Å². The topological polar surface area (TPSA) is 51.9 Å². The molecule has 1 aliphatic rings. The highest BCUT2D eigenvalue weighted by atomic mass is 16.7. The third-order valence-electron chi connectivity index (χ3n) is 4.05. The Morgan fingerprint density at radius 1 is 0.920 bits per heavy atom. The van der Waals surface area contributed by atoms with Crippen LogP contribution in [-0.2, 0) is 13.1 Å². The number of furan rings is 1. The highest BCUT2D eigenvalue weighted by Gasteiger charge is 2.21. The van der Waals surface area contributed by atoms with Gasteiger partial charge in [-0.15, -0.1) is 0 Å². The average molecular weight is 335 g/mol. The third-order valence-corrected chi connectivity index (χ3v) is 4.05. The molecule has 2 aromatic carbocycles. The second-order valence-corrected chi connectivity index (χ2v) is 5.79. The quantitative estimate of drug-likeness (QED) is 0.711. The van der Waals surface area contributed by atoms with Crippen molar-refractivity contribution < 1.29 is 18.7 Å². The Balaban J connectivity index is 1.61. The molecule has 0 saturated carbocycles. The van der Waals surface area contributed by atoms with Gasteiger partial charge in [0, 0.05) is 12.1 Å². The Morgan fingerprint density at radius 3 is 2.56 bits per heavy atom. The smallest absolute Gasteiger partial charge is 0.254 e. The van der Waals surface area contributed by atoms with E-state index in [1.165, 1.54) is 0 Å². The van der Waals surface area contributed by atoms with Crippen LogP contribution in [0.5, 0.6) is 11.5 Å². The summed E-state index contributed by atoms with van der Waals surface area (Å²) >= 11 is 0. The van der Waals surface area contributed by atoms with Crippen LogP contribution >= 0.6 is 0 Å². The molecular weight excluding hydrogens is 318 g/mol. The van der Waals surface area contributed by atoms with E-state index in [4.69, 9.17) is 13.9 Å². The van der Waals surface area contributed by atoms with Gasteiger partial charge in [0.2, 0.25) is 6.79 Å². The number of benzene rings is 2. The van der Waals surface area contributed by atoms with Gasteiger partial charge in [0.25, 0.3) is 5.91 Å². The maximum Gasteiger partial charge on any atom is 0.254 e. The van der Waals surface area contributed by atoms with E-state index in [9.17, 15) is 4.79 Å². The molecule has 0 bridgehead atoms. The van der Waals surface area contributed by atoms with Crippen LogP contribution < -0.4 is 9.47 Å². The number of rotatable bonds is 5. The molecule has 25 heavy (non-hydrogen) atoms. The summed E-state index contributed by atoms with van der Waals surface area (Å²) < 4.78 is 16.1. The molecule has 0 radical (unpaired) electrons. The average Bonchev–Trinajstić information content (AvgIpc) is 3.32. The number of fused-ring (bicyclic) bond motifs is 1. The standard InChI is InChI=1S/C20H17NO4/c22-20(16-8-9-18-19(11-16)25-14-24-18)21(13-17-7-4-10-23-17)12-15-5-2-1-3-6-15/h1-11H,12-14H2. The first-order valence-electron chi connectivity index (χ1n) is 8.05. The highest BCUT2D eigenvalue weighted by Crippen LogP contribution is 2.33. The van der Waals surface area contributed by atoms with Crippen LogP contribution in [0.2, 0.25) is 0 Å². The molecule has 126 valence electrons. The molecule has 0 atom stereocenters. The van der Waals surface area contributed by atoms with Crippen molar-refractivity contribution in [2.24, 2.45) is 0 Å². The van der Waals surface area contributed by atoms with E-state index in [1.807, 2.05) is 42.5 Å². The lowest BCUT2D eigenvalue weighted by Gasteiger charge is -2.22. The predicted molar refractivity (Wildman–Crippen MR) is 91.3 cm³/mol. The zero-order valence-electron chi connectivity index (χ0n) is 13.6. The summed E-state index contributed by atoms with van der Waals surface area (Å²) in [5.41, 5.74) is 1.62. The molecule has 2 heterocycles. The van der Waals surface area contributed by atoms with Crippen LogP contribution in [0.3, 0.4) is 0 Å². The van der Waals surface area contributed by atoms with Gasteiger partial charge in [-0.2, -0.15) is 0 Å². The van der Waals surface area contributed by atoms with Crippen molar-refractivity contribution in [3.63, 3.8) is 0 Å². The molecule has 0 saturated heterocycles. The molecule has 0 unspecified atom stereocenters. The number of carbonyl (C=O) groups is 1. The van der Waals surface area contributed by atoms with Crippen molar-refractivity contribution in [2.45, 2.75) is 13.1 Å². The van der Waals surface area contributed by atoms with E-state index in [1.54, 1.807) is 29.4 Å². The van der Waals surface area contributed by atoms with E-state index >= 15 is 0 Å². The van der Waals surface area contributed by atoms with E-state index < -0.39 is 0 Å². The van der Waals surface area contributed by atoms with Gasteiger partial charge in [-0.3, -0.25) is 4.79 Å². The second-order valence-electron chi connectivity index (χ2n) is 5.79. The molecule has 1 amide bonds. The zero-order chi connectivity index (χ0) is 17.1. The fraction of sp³-hybridized carbons (Fsp3) is 0.150. The van der Waals surface area contributed by atoms with Gasteiger partial charge < -0.3 is 18.8 Å². The van der Waals surface area contributed by atoms with Crippen LogP contribution in [0.25, 0.3) is 0 Å². The molecule has 1 aromatic heterocycles. The summed E-state index contributed by atoms with van der Waals surface area (Å²) in [5, 5.41) is 0. The number of nitrogens with zero attached hydrogens (tertiary/aromatic N) is 1. The summed E-state index contributed by atoms with van der Waals surface area (Å²) in [6.45, 7) is 1.08. The minimum absolute atomic E-state index is 0.0847. The molecule has 0 aliphatic carbocycles. The van der Waals surface area contributed by atoms with E-state index in [-0.39, 0.29) is 12.7 Å². The number of amides is 1. The lowest BCUT2D eigenvalue weighted by atomic mass is 10.1. The molecule has 3 aromatic rings. The molecule has 5 heteroatoms. The van der Waals surface area contributed by atoms with Crippen LogP contribution in [0.4, 0.5) is 0 Å². The number of ether oxygens (including phenoxy) is 2. The van der Waals surface area contributed by atoms with Gasteiger partial charge in [-0.1, -0.05) is 30.3 Å². The summed E-state index contributed by atoms with van der Waals surface area (Å²) in [7, 11) is 0. The number of carbonyl (C=O) groups excluding carboxylic acids is 1. The van der Waals surface area contributed by atoms with Gasteiger partial charge >= 0.3 is 0 Å². The Bertz CT molecular complexity index is 859. The van der Waals surface area contributed by atoms with E-state index in [0.717, 1.165) is 11.3 Å². The lowest BCUT2D eigenvalue weighted by molar-refractivity contribution is 0.0717. The Kier molecular flexibility index (Phi) is 4.12. The Morgan fingerprint density at radius 2 is 1.76 bits per heavy atom. The first-order chi connectivity index (χ1) is 12.3. The number of hydrogen-bond acceptors (Lipinski definition) is 4. The molecule has 5 nitrogen and oxygen atoms in total. The largest absolute Gasteiger partial charge is 0.467 e. The van der Waals surface area contributed by atoms with Gasteiger partial charge in [0.15, 0.2) is 11.5 Å². The summed E-state index contributed by atoms with van der Waals surface area (Å²) in [6, 6.07) is 18.8. The summed E-state index contributed by atoms with van der Waals surface area (Å²) in [6.07, 6.45) is 1.61. The van der Waals surface area contributed by atoms with Gasteiger partial charge in [-0.05, 0) is 35.9 Å². The third kappa shape index (κ3) is 3.35. The first-order valence-corrected chi connectivity index (χ1v) is 8.05. The first kappa shape index (κ1) is 15.3. The van der Waals surface area contributed by atoms with Gasteiger partial charge in [-0.25, -0.2) is 0 Å². The van der Waals surface area contributed by atoms with Crippen LogP contribution in [0.15, 0.2) is 71.3 Å². The van der Waals surface area contributed by atoms with E-state index in [0.29, 0.717) is 30.2 Å². The van der Waals surface area contributed by atoms with E-state index in [2.05, 4.69) is 0 Å². The maximum atomic E-state index is 13.1. The van der Waals surface area contributed by atoms with Crippen molar-refractivity contribution in [3.05, 3.63) is 83.8 Å². The SMILES string of the molecule is O=C(c1ccc2c(c1)OCO2)N(Cc1ccccc1)Cc1ccco1. The van der Waals surface area contributed by atoms with Crippen molar-refractivity contribution in [3.8, 4) is 11.5 Å². The summed E-state index contributed by atoms with van der Waals surface area (Å²) in [5.74, 6) is 1.92. The summed E-state index contributed by atoms with van der Waals surface area (Å²) in [4.78, 5) is 14.8. The van der Waals surface area contributed by atoms with Gasteiger partial charge in [0.1, 0.15) is 5.76 Å². The molecular formula is C20H17NO4. The molecule has 1 aliphatic heterocycles. The Hall–Kier alpha value is -3.21. The predicted octanol–water partition coefficient (Wildman–Crippen LogP) is 3.85. The van der Waals surface area contributed by atoms with Crippen molar-refractivity contribution in [2.75, 3.05) is 6.79 Å². The fourth-order valence-electron chi connectivity index (χ4n) is 2.81. The molecule has 0 N–H and O–H groups in total. The normalized spacial score (nSPS) is 12.2. The molecule has 4 rings (SSSR count). The lowest BCUT2D eigenvalue weighted by Crippen LogP contribution is -2.30. The zero-order valence-corrected chi connectivity index (χ0v) is 13.6.